The summed E-state index contributed by atoms with van der Waals surface area (Å²) in [6.07, 6.45) is 2.16. The summed E-state index contributed by atoms with van der Waals surface area (Å²) in [4.78, 5) is 27.2. The number of nitrogens with one attached hydrogen (secondary N) is 1. The number of benzene rings is 1. The quantitative estimate of drug-likeness (QED) is 0.486. The van der Waals surface area contributed by atoms with Crippen LogP contribution in [0.5, 0.6) is 0 Å². The van der Waals surface area contributed by atoms with Crippen LogP contribution in [-0.4, -0.2) is 54.0 Å². The number of carbonyl (C=O) groups excluding carboxylic acids is 2. The van der Waals surface area contributed by atoms with Crippen molar-refractivity contribution in [2.75, 3.05) is 31.1 Å². The van der Waals surface area contributed by atoms with E-state index >= 15 is 0 Å². The molecule has 6 nitrogen and oxygen atoms in total. The second kappa shape index (κ2) is 7.41. The summed E-state index contributed by atoms with van der Waals surface area (Å²) in [5.41, 5.74) is 3.27. The molecule has 0 aromatic heterocycles. The molecule has 2 fully saturated rings. The molecule has 26 heavy (non-hydrogen) atoms. The minimum atomic E-state index is -2.69. The Bertz CT molecular complexity index is 707. The summed E-state index contributed by atoms with van der Waals surface area (Å²) in [7, 11) is 0. The van der Waals surface area contributed by atoms with E-state index in [1.165, 1.54) is 6.08 Å². The van der Waals surface area contributed by atoms with E-state index < -0.39 is 17.7 Å². The highest BCUT2D eigenvalue weighted by Gasteiger charge is 2.49. The Hall–Kier alpha value is -2.48. The van der Waals surface area contributed by atoms with E-state index in [9.17, 15) is 18.4 Å². The number of carbonyl (C=O) groups is 2. The summed E-state index contributed by atoms with van der Waals surface area (Å²) in [6, 6.07) is 7.49. The van der Waals surface area contributed by atoms with Crippen LogP contribution in [0, 0.1) is 5.92 Å². The van der Waals surface area contributed by atoms with E-state index in [0.717, 1.165) is 11.3 Å². The fourth-order valence-corrected chi connectivity index (χ4v) is 3.38. The van der Waals surface area contributed by atoms with Crippen LogP contribution in [0.1, 0.15) is 18.4 Å². The minimum Gasteiger partial charge on any atom is -0.367 e. The molecule has 1 saturated carbocycles. The van der Waals surface area contributed by atoms with Gasteiger partial charge in [0.15, 0.2) is 0 Å². The standard InChI is InChI=1S/C18H21F2N3O3/c19-18(20)11-14(12-18)17(25)23-9-7-22(8-10-23)15-4-2-1-3-13(15)5-6-16(24)21-26/h1-6,14,26H,7-12H2,(H,21,24)/b6-5+. The Morgan fingerprint density at radius 2 is 1.81 bits per heavy atom. The number of amides is 2. The lowest BCUT2D eigenvalue weighted by molar-refractivity contribution is -0.160. The number of hydroxylamine groups is 1. The summed E-state index contributed by atoms with van der Waals surface area (Å²) < 4.78 is 25.9. The third-order valence-corrected chi connectivity index (χ3v) is 4.83. The molecule has 0 spiro atoms. The predicted molar refractivity (Wildman–Crippen MR) is 91.9 cm³/mol. The molecular weight excluding hydrogens is 344 g/mol. The van der Waals surface area contributed by atoms with Crippen molar-refractivity contribution in [2.24, 2.45) is 5.92 Å². The van der Waals surface area contributed by atoms with Crippen molar-refractivity contribution in [3.8, 4) is 0 Å². The minimum absolute atomic E-state index is 0.177. The first kappa shape index (κ1) is 18.3. The highest BCUT2D eigenvalue weighted by molar-refractivity contribution is 5.92. The lowest BCUT2D eigenvalue weighted by atomic mass is 9.80. The van der Waals surface area contributed by atoms with Gasteiger partial charge in [-0.1, -0.05) is 18.2 Å². The van der Waals surface area contributed by atoms with E-state index in [1.807, 2.05) is 24.3 Å². The maximum Gasteiger partial charge on any atom is 0.267 e. The first-order valence-corrected chi connectivity index (χ1v) is 8.52. The van der Waals surface area contributed by atoms with Gasteiger partial charge in [0.2, 0.25) is 11.8 Å². The van der Waals surface area contributed by atoms with Crippen molar-refractivity contribution < 1.29 is 23.6 Å². The van der Waals surface area contributed by atoms with Gasteiger partial charge in [-0.05, 0) is 17.7 Å². The van der Waals surface area contributed by atoms with Crippen LogP contribution in [-0.2, 0) is 9.59 Å². The molecule has 0 radical (unpaired) electrons. The summed E-state index contributed by atoms with van der Waals surface area (Å²) in [5.74, 6) is -4.03. The van der Waals surface area contributed by atoms with Crippen molar-refractivity contribution in [1.29, 1.82) is 0 Å². The van der Waals surface area contributed by atoms with Gasteiger partial charge in [-0.25, -0.2) is 14.3 Å². The first-order valence-electron chi connectivity index (χ1n) is 8.52. The van der Waals surface area contributed by atoms with Gasteiger partial charge in [0.05, 0.1) is 0 Å². The van der Waals surface area contributed by atoms with Crippen LogP contribution >= 0.6 is 0 Å². The number of hydrogen-bond acceptors (Lipinski definition) is 4. The highest BCUT2D eigenvalue weighted by atomic mass is 19.3. The van der Waals surface area contributed by atoms with Gasteiger partial charge in [0.1, 0.15) is 0 Å². The molecule has 0 unspecified atom stereocenters. The Morgan fingerprint density at radius 3 is 2.42 bits per heavy atom. The number of alkyl halides is 2. The maximum atomic E-state index is 13.0. The molecule has 2 aliphatic rings. The molecule has 1 aliphatic heterocycles. The molecular formula is C18H21F2N3O3. The van der Waals surface area contributed by atoms with Crippen molar-refractivity contribution in [2.45, 2.75) is 18.8 Å². The molecule has 140 valence electrons. The topological polar surface area (TPSA) is 72.9 Å². The predicted octanol–water partition coefficient (Wildman–Crippen LogP) is 1.90. The van der Waals surface area contributed by atoms with Crippen LogP contribution in [0.15, 0.2) is 30.3 Å². The fourth-order valence-electron chi connectivity index (χ4n) is 3.38. The number of nitrogens with zero attached hydrogens (tertiary/aromatic N) is 2. The third-order valence-electron chi connectivity index (χ3n) is 4.83. The van der Waals surface area contributed by atoms with Gasteiger partial charge in [0.25, 0.3) is 5.91 Å². The SMILES string of the molecule is O=C(/C=C/c1ccccc1N1CCN(C(=O)C2CC(F)(F)C2)CC1)NO. The Kier molecular flexibility index (Phi) is 5.22. The molecule has 8 heteroatoms. The summed E-state index contributed by atoms with van der Waals surface area (Å²) in [5, 5.41) is 8.57. The van der Waals surface area contributed by atoms with Gasteiger partial charge in [0, 0.05) is 56.7 Å². The molecule has 1 heterocycles. The zero-order valence-corrected chi connectivity index (χ0v) is 14.2. The van der Waals surface area contributed by atoms with E-state index in [4.69, 9.17) is 5.21 Å². The highest BCUT2D eigenvalue weighted by Crippen LogP contribution is 2.43. The van der Waals surface area contributed by atoms with E-state index in [2.05, 4.69) is 4.90 Å². The normalized spacial score (nSPS) is 20.1. The lowest BCUT2D eigenvalue weighted by Gasteiger charge is -2.41. The van der Waals surface area contributed by atoms with Crippen molar-refractivity contribution in [1.82, 2.24) is 10.4 Å². The van der Waals surface area contributed by atoms with Crippen molar-refractivity contribution in [3.05, 3.63) is 35.9 Å². The number of piperazine rings is 1. The summed E-state index contributed by atoms with van der Waals surface area (Å²) in [6.45, 7) is 2.14. The van der Waals surface area contributed by atoms with Gasteiger partial charge >= 0.3 is 0 Å². The molecule has 2 amide bonds. The number of halogens is 2. The number of hydrogen-bond donors (Lipinski definition) is 2. The molecule has 2 N–H and O–H groups in total. The van der Waals surface area contributed by atoms with E-state index in [0.29, 0.717) is 26.2 Å². The van der Waals surface area contributed by atoms with Gasteiger partial charge in [-0.15, -0.1) is 0 Å². The zero-order valence-electron chi connectivity index (χ0n) is 14.2. The summed E-state index contributed by atoms with van der Waals surface area (Å²) >= 11 is 0. The molecule has 1 aromatic rings. The molecule has 3 rings (SSSR count). The molecule has 1 aromatic carbocycles. The van der Waals surface area contributed by atoms with Crippen LogP contribution in [0.2, 0.25) is 0 Å². The van der Waals surface area contributed by atoms with E-state index in [-0.39, 0.29) is 18.7 Å². The Morgan fingerprint density at radius 1 is 1.15 bits per heavy atom. The van der Waals surface area contributed by atoms with Crippen molar-refractivity contribution in [3.63, 3.8) is 0 Å². The maximum absolute atomic E-state index is 13.0. The van der Waals surface area contributed by atoms with Crippen LogP contribution in [0.25, 0.3) is 6.08 Å². The average Bonchev–Trinajstić information content (AvgIpc) is 2.64. The third kappa shape index (κ3) is 4.01. The van der Waals surface area contributed by atoms with Crippen molar-refractivity contribution >= 4 is 23.6 Å². The zero-order chi connectivity index (χ0) is 18.7. The Balaban J connectivity index is 1.61. The molecule has 1 aliphatic carbocycles. The van der Waals surface area contributed by atoms with Gasteiger partial charge < -0.3 is 9.80 Å². The number of para-hydroxylation sites is 1. The van der Waals surface area contributed by atoms with E-state index in [1.54, 1.807) is 16.5 Å². The second-order valence-electron chi connectivity index (χ2n) is 6.64. The fraction of sp³-hybridized carbons (Fsp3) is 0.444. The number of anilines is 1. The number of rotatable bonds is 4. The first-order chi connectivity index (χ1) is 12.4. The van der Waals surface area contributed by atoms with Crippen LogP contribution in [0.3, 0.4) is 0 Å². The second-order valence-corrected chi connectivity index (χ2v) is 6.64. The largest absolute Gasteiger partial charge is 0.367 e. The lowest BCUT2D eigenvalue weighted by Crippen LogP contribution is -2.53. The molecule has 0 atom stereocenters. The van der Waals surface area contributed by atoms with Gasteiger partial charge in [-0.2, -0.15) is 0 Å². The Labute approximate surface area is 150 Å². The molecule has 0 bridgehead atoms. The molecule has 1 saturated heterocycles. The van der Waals surface area contributed by atoms with Crippen LogP contribution in [0.4, 0.5) is 14.5 Å². The van der Waals surface area contributed by atoms with Gasteiger partial charge in [-0.3, -0.25) is 14.8 Å². The monoisotopic (exact) mass is 365 g/mol. The smallest absolute Gasteiger partial charge is 0.267 e. The average molecular weight is 365 g/mol. The van der Waals surface area contributed by atoms with Crippen LogP contribution < -0.4 is 10.4 Å².